The number of hydrogen-bond acceptors (Lipinski definition) is 4. The Hall–Kier alpha value is -2.28. The lowest BCUT2D eigenvalue weighted by Crippen LogP contribution is -2.46. The maximum absolute atomic E-state index is 12.0. The fourth-order valence-corrected chi connectivity index (χ4v) is 2.75. The first-order chi connectivity index (χ1) is 13.2. The molecule has 2 rings (SSSR count). The molecule has 0 heterocycles. The molecular weight excluding hydrogens is 403 g/mol. The molecule has 0 atom stereocenters. The predicted molar refractivity (Wildman–Crippen MR) is 110 cm³/mol. The highest BCUT2D eigenvalue weighted by Crippen LogP contribution is 2.27. The van der Waals surface area contributed by atoms with Crippen LogP contribution in [0.4, 0.5) is 5.69 Å². The van der Waals surface area contributed by atoms with Crippen molar-refractivity contribution in [3.05, 3.63) is 58.1 Å². The lowest BCUT2D eigenvalue weighted by molar-refractivity contribution is -0.122. The molecule has 0 aliphatic rings. The number of carbonyl (C=O) groups excluding carboxylic acids is 2. The van der Waals surface area contributed by atoms with Crippen LogP contribution in [0.25, 0.3) is 0 Å². The summed E-state index contributed by atoms with van der Waals surface area (Å²) in [5.74, 6) is -0.168. The van der Waals surface area contributed by atoms with Crippen LogP contribution in [0.15, 0.2) is 42.5 Å². The minimum atomic E-state index is -0.669. The summed E-state index contributed by atoms with van der Waals surface area (Å²) in [6.45, 7) is 3.13. The largest absolute Gasteiger partial charge is 0.482 e. The molecular formula is C20H22Cl2N2O4. The van der Waals surface area contributed by atoms with Crippen molar-refractivity contribution in [1.82, 2.24) is 5.32 Å². The van der Waals surface area contributed by atoms with E-state index in [9.17, 15) is 14.7 Å². The molecule has 2 amide bonds. The van der Waals surface area contributed by atoms with Gasteiger partial charge in [0, 0.05) is 10.7 Å². The Bertz CT molecular complexity index is 839. The van der Waals surface area contributed by atoms with Crippen molar-refractivity contribution in [2.24, 2.45) is 0 Å². The first-order valence-electron chi connectivity index (χ1n) is 8.57. The Morgan fingerprint density at radius 3 is 2.36 bits per heavy atom. The number of aliphatic hydroxyl groups is 1. The van der Waals surface area contributed by atoms with Crippen LogP contribution in [-0.4, -0.2) is 35.7 Å². The van der Waals surface area contributed by atoms with Crippen LogP contribution in [-0.2, 0) is 16.0 Å². The molecule has 28 heavy (non-hydrogen) atoms. The van der Waals surface area contributed by atoms with Gasteiger partial charge in [0.05, 0.1) is 23.6 Å². The van der Waals surface area contributed by atoms with Gasteiger partial charge in [-0.25, -0.2) is 0 Å². The van der Waals surface area contributed by atoms with Crippen molar-refractivity contribution in [2.75, 3.05) is 18.5 Å². The molecule has 0 aliphatic heterocycles. The third-order valence-corrected chi connectivity index (χ3v) is 4.26. The molecule has 0 saturated carbocycles. The van der Waals surface area contributed by atoms with Gasteiger partial charge >= 0.3 is 0 Å². The Kier molecular flexibility index (Phi) is 7.69. The van der Waals surface area contributed by atoms with E-state index in [0.717, 1.165) is 5.56 Å². The second kappa shape index (κ2) is 9.78. The van der Waals surface area contributed by atoms with E-state index in [4.69, 9.17) is 27.9 Å². The fraction of sp³-hybridized carbons (Fsp3) is 0.300. The van der Waals surface area contributed by atoms with Gasteiger partial charge in [0.25, 0.3) is 5.91 Å². The summed E-state index contributed by atoms with van der Waals surface area (Å²) in [4.78, 5) is 24.0. The Balaban J connectivity index is 1.84. The molecule has 2 aromatic carbocycles. The minimum Gasteiger partial charge on any atom is -0.482 e. The zero-order valence-corrected chi connectivity index (χ0v) is 17.1. The molecule has 0 saturated heterocycles. The Labute approximate surface area is 173 Å². The summed E-state index contributed by atoms with van der Waals surface area (Å²) in [5.41, 5.74) is 0.696. The first kappa shape index (κ1) is 22.0. The van der Waals surface area contributed by atoms with Gasteiger partial charge in [0.1, 0.15) is 5.75 Å². The average molecular weight is 425 g/mol. The number of carbonyl (C=O) groups is 2. The van der Waals surface area contributed by atoms with E-state index in [1.54, 1.807) is 50.2 Å². The van der Waals surface area contributed by atoms with Crippen LogP contribution in [0, 0.1) is 0 Å². The number of hydrogen-bond donors (Lipinski definition) is 3. The molecule has 0 spiro atoms. The van der Waals surface area contributed by atoms with E-state index in [-0.39, 0.29) is 31.4 Å². The molecule has 0 aliphatic carbocycles. The zero-order valence-electron chi connectivity index (χ0n) is 15.6. The molecule has 8 heteroatoms. The summed E-state index contributed by atoms with van der Waals surface area (Å²) in [6, 6.07) is 11.6. The van der Waals surface area contributed by atoms with Crippen LogP contribution in [0.3, 0.4) is 0 Å². The van der Waals surface area contributed by atoms with Crippen molar-refractivity contribution in [2.45, 2.75) is 25.8 Å². The topological polar surface area (TPSA) is 87.7 Å². The van der Waals surface area contributed by atoms with Gasteiger partial charge < -0.3 is 20.5 Å². The molecule has 0 aromatic heterocycles. The Morgan fingerprint density at radius 2 is 1.75 bits per heavy atom. The fourth-order valence-electron chi connectivity index (χ4n) is 2.29. The summed E-state index contributed by atoms with van der Waals surface area (Å²) < 4.78 is 5.38. The number of ether oxygens (including phenoxy) is 1. The summed E-state index contributed by atoms with van der Waals surface area (Å²) in [6.07, 6.45) is 0.176. The summed E-state index contributed by atoms with van der Waals surface area (Å²) in [5, 5.41) is 15.5. The monoisotopic (exact) mass is 424 g/mol. The third kappa shape index (κ3) is 7.03. The van der Waals surface area contributed by atoms with E-state index in [1.165, 1.54) is 6.07 Å². The minimum absolute atomic E-state index is 0.146. The number of amides is 2. The van der Waals surface area contributed by atoms with Crippen LogP contribution in [0.1, 0.15) is 19.4 Å². The predicted octanol–water partition coefficient (Wildman–Crippen LogP) is 3.44. The van der Waals surface area contributed by atoms with Gasteiger partial charge in [0.2, 0.25) is 5.91 Å². The smallest absolute Gasteiger partial charge is 0.262 e. The molecule has 0 bridgehead atoms. The lowest BCUT2D eigenvalue weighted by atomic mass is 10.1. The highest BCUT2D eigenvalue weighted by molar-refractivity contribution is 6.35. The Morgan fingerprint density at radius 1 is 1.07 bits per heavy atom. The summed E-state index contributed by atoms with van der Waals surface area (Å²) in [7, 11) is 0. The van der Waals surface area contributed by atoms with Crippen molar-refractivity contribution in [3.8, 4) is 5.75 Å². The van der Waals surface area contributed by atoms with Gasteiger partial charge in [-0.1, -0.05) is 35.3 Å². The van der Waals surface area contributed by atoms with Gasteiger partial charge in [0.15, 0.2) is 6.61 Å². The van der Waals surface area contributed by atoms with Crippen molar-refractivity contribution in [3.63, 3.8) is 0 Å². The number of aliphatic hydroxyl groups excluding tert-OH is 1. The molecule has 0 unspecified atom stereocenters. The second-order valence-electron chi connectivity index (χ2n) is 6.88. The number of benzene rings is 2. The van der Waals surface area contributed by atoms with Gasteiger partial charge in [-0.05, 0) is 49.7 Å². The number of anilines is 1. The molecule has 0 radical (unpaired) electrons. The molecule has 3 N–H and O–H groups in total. The molecule has 150 valence electrons. The number of nitrogens with one attached hydrogen (secondary N) is 2. The van der Waals surface area contributed by atoms with Crippen molar-refractivity contribution in [1.29, 1.82) is 0 Å². The highest BCUT2D eigenvalue weighted by atomic mass is 35.5. The zero-order chi connectivity index (χ0) is 20.7. The summed E-state index contributed by atoms with van der Waals surface area (Å²) >= 11 is 11.8. The maximum Gasteiger partial charge on any atom is 0.262 e. The van der Waals surface area contributed by atoms with Crippen LogP contribution >= 0.6 is 23.2 Å². The molecule has 6 nitrogen and oxygen atoms in total. The number of rotatable bonds is 8. The normalized spacial score (nSPS) is 11.0. The quantitative estimate of drug-likeness (QED) is 0.605. The van der Waals surface area contributed by atoms with E-state index in [2.05, 4.69) is 10.6 Å². The van der Waals surface area contributed by atoms with Crippen LogP contribution < -0.4 is 15.4 Å². The van der Waals surface area contributed by atoms with E-state index in [0.29, 0.717) is 21.5 Å². The lowest BCUT2D eigenvalue weighted by Gasteiger charge is -2.23. The van der Waals surface area contributed by atoms with E-state index >= 15 is 0 Å². The van der Waals surface area contributed by atoms with E-state index < -0.39 is 5.54 Å². The average Bonchev–Trinajstić information content (AvgIpc) is 2.62. The molecule has 2 aromatic rings. The van der Waals surface area contributed by atoms with Gasteiger partial charge in [-0.2, -0.15) is 0 Å². The van der Waals surface area contributed by atoms with Crippen LogP contribution in [0.2, 0.25) is 10.0 Å². The molecule has 0 fully saturated rings. The van der Waals surface area contributed by atoms with E-state index in [1.807, 2.05) is 0 Å². The standard InChI is InChI=1S/C20H22Cl2N2O4/c1-20(2,12-25)24-18(26)9-13-3-6-15(7-4-13)23-19(27)11-28-17-8-5-14(21)10-16(17)22/h3-8,10,25H,9,11-12H2,1-2H3,(H,23,27)(H,24,26). The van der Waals surface area contributed by atoms with Gasteiger partial charge in [-0.3, -0.25) is 9.59 Å². The van der Waals surface area contributed by atoms with Crippen molar-refractivity contribution < 1.29 is 19.4 Å². The van der Waals surface area contributed by atoms with Gasteiger partial charge in [-0.15, -0.1) is 0 Å². The SMILES string of the molecule is CC(C)(CO)NC(=O)Cc1ccc(NC(=O)COc2ccc(Cl)cc2Cl)cc1. The third-order valence-electron chi connectivity index (χ3n) is 3.73. The number of halogens is 2. The first-order valence-corrected chi connectivity index (χ1v) is 9.32. The second-order valence-corrected chi connectivity index (χ2v) is 7.72. The van der Waals surface area contributed by atoms with Crippen LogP contribution in [0.5, 0.6) is 5.75 Å². The van der Waals surface area contributed by atoms with Crippen molar-refractivity contribution >= 4 is 40.7 Å². The highest BCUT2D eigenvalue weighted by Gasteiger charge is 2.19. The maximum atomic E-state index is 12.0.